The van der Waals surface area contributed by atoms with E-state index in [4.69, 9.17) is 19.9 Å². The zero-order valence-electron chi connectivity index (χ0n) is 17.6. The van der Waals surface area contributed by atoms with Gasteiger partial charge in [-0.3, -0.25) is 0 Å². The van der Waals surface area contributed by atoms with Crippen molar-refractivity contribution >= 4 is 29.9 Å². The smallest absolute Gasteiger partial charge is 0.188 e. The Balaban J connectivity index is 0.00000420. The highest BCUT2D eigenvalue weighted by molar-refractivity contribution is 14.0. The van der Waals surface area contributed by atoms with Gasteiger partial charge in [-0.15, -0.1) is 24.0 Å². The molecule has 0 aliphatic rings. The van der Waals surface area contributed by atoms with Crippen molar-refractivity contribution in [3.05, 3.63) is 53.6 Å². The number of benzene rings is 2. The summed E-state index contributed by atoms with van der Waals surface area (Å²) in [5, 5.41) is 3.15. The average Bonchev–Trinajstić information content (AvgIpc) is 2.71. The van der Waals surface area contributed by atoms with Crippen LogP contribution in [-0.2, 0) is 13.0 Å². The van der Waals surface area contributed by atoms with Crippen LogP contribution >= 0.6 is 24.0 Å². The highest BCUT2D eigenvalue weighted by Crippen LogP contribution is 2.27. The van der Waals surface area contributed by atoms with E-state index < -0.39 is 0 Å². The van der Waals surface area contributed by atoms with E-state index in [9.17, 15) is 0 Å². The molecule has 0 heterocycles. The molecule has 0 saturated heterocycles. The first-order chi connectivity index (χ1) is 13.5. The lowest BCUT2D eigenvalue weighted by Crippen LogP contribution is -2.33. The van der Waals surface area contributed by atoms with Crippen LogP contribution in [0.2, 0.25) is 0 Å². The standard InChI is InChI=1S/C22H31N3O3.HI/c1-16(2)15-28-19-8-6-5-7-18(19)14-25-22(23)24-12-11-17-9-10-20(26-3)21(13-17)27-4;/h5-10,13,16H,11-12,14-15H2,1-4H3,(H3,23,24,25);1H. The van der Waals surface area contributed by atoms with Crippen molar-refractivity contribution in [3.8, 4) is 17.2 Å². The van der Waals surface area contributed by atoms with Gasteiger partial charge in [0.2, 0.25) is 0 Å². The summed E-state index contributed by atoms with van der Waals surface area (Å²) >= 11 is 0. The van der Waals surface area contributed by atoms with E-state index in [0.29, 0.717) is 31.6 Å². The lowest BCUT2D eigenvalue weighted by molar-refractivity contribution is 0.268. The van der Waals surface area contributed by atoms with Gasteiger partial charge in [0, 0.05) is 12.1 Å². The fraction of sp³-hybridized carbons (Fsp3) is 0.409. The minimum absolute atomic E-state index is 0. The molecule has 0 aliphatic carbocycles. The molecule has 29 heavy (non-hydrogen) atoms. The van der Waals surface area contributed by atoms with Gasteiger partial charge in [0.1, 0.15) is 5.75 Å². The van der Waals surface area contributed by atoms with E-state index in [-0.39, 0.29) is 24.0 Å². The summed E-state index contributed by atoms with van der Waals surface area (Å²) in [4.78, 5) is 4.43. The Morgan fingerprint density at radius 1 is 1.03 bits per heavy atom. The first-order valence-corrected chi connectivity index (χ1v) is 9.49. The molecule has 7 heteroatoms. The Hall–Kier alpha value is -2.16. The topological polar surface area (TPSA) is 78.1 Å². The first kappa shape index (κ1) is 24.9. The SMILES string of the molecule is COc1ccc(CCNC(N)=NCc2ccccc2OCC(C)C)cc1OC.I. The molecule has 2 rings (SSSR count). The second-order valence-corrected chi connectivity index (χ2v) is 6.88. The molecular formula is C22H32IN3O3. The summed E-state index contributed by atoms with van der Waals surface area (Å²) in [6.07, 6.45) is 0.796. The molecule has 2 aromatic rings. The molecule has 160 valence electrons. The molecule has 0 amide bonds. The minimum atomic E-state index is 0. The van der Waals surface area contributed by atoms with Gasteiger partial charge in [-0.05, 0) is 36.1 Å². The monoisotopic (exact) mass is 513 g/mol. The van der Waals surface area contributed by atoms with Gasteiger partial charge in [0.05, 0.1) is 27.4 Å². The van der Waals surface area contributed by atoms with Crippen LogP contribution < -0.4 is 25.3 Å². The van der Waals surface area contributed by atoms with Gasteiger partial charge >= 0.3 is 0 Å². The molecule has 0 fully saturated rings. The Morgan fingerprint density at radius 2 is 1.76 bits per heavy atom. The number of hydrogen-bond acceptors (Lipinski definition) is 4. The maximum atomic E-state index is 6.01. The van der Waals surface area contributed by atoms with Gasteiger partial charge in [0.25, 0.3) is 0 Å². The second-order valence-electron chi connectivity index (χ2n) is 6.88. The molecule has 6 nitrogen and oxygen atoms in total. The summed E-state index contributed by atoms with van der Waals surface area (Å²) in [5.41, 5.74) is 8.16. The normalized spacial score (nSPS) is 11.0. The quantitative estimate of drug-likeness (QED) is 0.285. The van der Waals surface area contributed by atoms with E-state index in [1.165, 1.54) is 0 Å². The van der Waals surface area contributed by atoms with Gasteiger partial charge in [-0.25, -0.2) is 4.99 Å². The van der Waals surface area contributed by atoms with Crippen LogP contribution in [0.1, 0.15) is 25.0 Å². The Labute approximate surface area is 190 Å². The molecule has 0 aromatic heterocycles. The number of nitrogens with two attached hydrogens (primary N) is 1. The van der Waals surface area contributed by atoms with Crippen LogP contribution in [0, 0.1) is 5.92 Å². The Morgan fingerprint density at radius 3 is 2.45 bits per heavy atom. The number of nitrogens with zero attached hydrogens (tertiary/aromatic N) is 1. The lowest BCUT2D eigenvalue weighted by atomic mass is 10.1. The maximum Gasteiger partial charge on any atom is 0.188 e. The van der Waals surface area contributed by atoms with Gasteiger partial charge < -0.3 is 25.3 Å². The molecule has 0 atom stereocenters. The van der Waals surface area contributed by atoms with E-state index >= 15 is 0 Å². The summed E-state index contributed by atoms with van der Waals surface area (Å²) in [5.74, 6) is 3.19. The number of nitrogens with one attached hydrogen (secondary N) is 1. The molecule has 0 bridgehead atoms. The molecule has 0 saturated carbocycles. The van der Waals surface area contributed by atoms with Crippen molar-refractivity contribution in [1.82, 2.24) is 5.32 Å². The van der Waals surface area contributed by atoms with E-state index in [1.807, 2.05) is 42.5 Å². The molecule has 0 radical (unpaired) electrons. The number of aliphatic imine (C=N–C) groups is 1. The summed E-state index contributed by atoms with van der Waals surface area (Å²) in [7, 11) is 3.26. The number of para-hydroxylation sites is 1. The highest BCUT2D eigenvalue weighted by atomic mass is 127. The predicted molar refractivity (Wildman–Crippen MR) is 129 cm³/mol. The average molecular weight is 513 g/mol. The molecule has 0 aliphatic heterocycles. The molecule has 0 spiro atoms. The van der Waals surface area contributed by atoms with Gasteiger partial charge in [-0.1, -0.05) is 38.1 Å². The number of methoxy groups -OCH3 is 2. The maximum absolute atomic E-state index is 6.01. The van der Waals surface area contributed by atoms with Crippen molar-refractivity contribution in [2.24, 2.45) is 16.6 Å². The third kappa shape index (κ3) is 8.39. The number of guanidine groups is 1. The van der Waals surface area contributed by atoms with Crippen molar-refractivity contribution in [2.75, 3.05) is 27.4 Å². The van der Waals surface area contributed by atoms with Crippen LogP contribution in [0.5, 0.6) is 17.2 Å². The largest absolute Gasteiger partial charge is 0.493 e. The van der Waals surface area contributed by atoms with Crippen LogP contribution in [0.3, 0.4) is 0 Å². The number of halogens is 1. The fourth-order valence-corrected chi connectivity index (χ4v) is 2.63. The van der Waals surface area contributed by atoms with E-state index in [1.54, 1.807) is 14.2 Å². The van der Waals surface area contributed by atoms with Gasteiger partial charge in [-0.2, -0.15) is 0 Å². The highest BCUT2D eigenvalue weighted by Gasteiger charge is 2.06. The zero-order valence-corrected chi connectivity index (χ0v) is 19.9. The number of hydrogen-bond donors (Lipinski definition) is 2. The summed E-state index contributed by atoms with van der Waals surface area (Å²) < 4.78 is 16.4. The molecule has 3 N–H and O–H groups in total. The second kappa shape index (κ2) is 13.1. The van der Waals surface area contributed by atoms with E-state index in [0.717, 1.165) is 34.8 Å². The predicted octanol–water partition coefficient (Wildman–Crippen LogP) is 4.00. The Kier molecular flexibility index (Phi) is 11.3. The molecular weight excluding hydrogens is 481 g/mol. The van der Waals surface area contributed by atoms with Gasteiger partial charge in [0.15, 0.2) is 17.5 Å². The van der Waals surface area contributed by atoms with Crippen LogP contribution in [0.25, 0.3) is 0 Å². The Bertz CT molecular complexity index is 782. The van der Waals surface area contributed by atoms with Crippen molar-refractivity contribution in [1.29, 1.82) is 0 Å². The summed E-state index contributed by atoms with van der Waals surface area (Å²) in [6, 6.07) is 13.8. The molecule has 0 unspecified atom stereocenters. The van der Waals surface area contributed by atoms with E-state index in [2.05, 4.69) is 24.2 Å². The number of ether oxygens (including phenoxy) is 3. The van der Waals surface area contributed by atoms with Crippen LogP contribution in [0.4, 0.5) is 0 Å². The molecule has 2 aromatic carbocycles. The van der Waals surface area contributed by atoms with Crippen LogP contribution in [0.15, 0.2) is 47.5 Å². The third-order valence-corrected chi connectivity index (χ3v) is 4.13. The minimum Gasteiger partial charge on any atom is -0.493 e. The van der Waals surface area contributed by atoms with Crippen molar-refractivity contribution in [2.45, 2.75) is 26.8 Å². The van der Waals surface area contributed by atoms with Crippen molar-refractivity contribution < 1.29 is 14.2 Å². The van der Waals surface area contributed by atoms with Crippen molar-refractivity contribution in [3.63, 3.8) is 0 Å². The lowest BCUT2D eigenvalue weighted by Gasteiger charge is -2.12. The third-order valence-electron chi connectivity index (χ3n) is 4.13. The first-order valence-electron chi connectivity index (χ1n) is 9.49. The fourth-order valence-electron chi connectivity index (χ4n) is 2.63. The number of rotatable bonds is 10. The van der Waals surface area contributed by atoms with Crippen LogP contribution in [-0.4, -0.2) is 33.3 Å². The summed E-state index contributed by atoms with van der Waals surface area (Å²) in [6.45, 7) is 6.09. The zero-order chi connectivity index (χ0) is 20.4.